The van der Waals surface area contributed by atoms with E-state index >= 15 is 0 Å². The fourth-order valence-corrected chi connectivity index (χ4v) is 7.69. The van der Waals surface area contributed by atoms with Gasteiger partial charge in [-0.05, 0) is 72.4 Å². The Morgan fingerprint density at radius 2 is 2.00 bits per heavy atom. The maximum absolute atomic E-state index is 13.8. The van der Waals surface area contributed by atoms with E-state index in [1.54, 1.807) is 6.07 Å². The van der Waals surface area contributed by atoms with Crippen LogP contribution in [0.25, 0.3) is 10.2 Å². The summed E-state index contributed by atoms with van der Waals surface area (Å²) in [5.41, 5.74) is 7.69. The molecule has 1 aliphatic carbocycles. The Hall–Kier alpha value is -2.58. The van der Waals surface area contributed by atoms with Crippen LogP contribution in [0.4, 0.5) is 9.52 Å². The number of nitrogens with zero attached hydrogens (tertiary/aromatic N) is 1. The summed E-state index contributed by atoms with van der Waals surface area (Å²) >= 11 is 2.66. The van der Waals surface area contributed by atoms with E-state index < -0.39 is 11.6 Å². The van der Waals surface area contributed by atoms with Gasteiger partial charge in [-0.15, -0.1) is 0 Å². The summed E-state index contributed by atoms with van der Waals surface area (Å²) in [7, 11) is 0. The Labute approximate surface area is 225 Å². The molecule has 0 spiro atoms. The molecule has 37 heavy (non-hydrogen) atoms. The van der Waals surface area contributed by atoms with Crippen molar-refractivity contribution in [3.8, 4) is 0 Å². The molecular weight excluding hydrogens is 507 g/mol. The van der Waals surface area contributed by atoms with Crippen molar-refractivity contribution >= 4 is 44.4 Å². The number of fused-ring (bicyclic) bond motifs is 1. The molecule has 5 nitrogen and oxygen atoms in total. The molecule has 3 aromatic rings. The van der Waals surface area contributed by atoms with Gasteiger partial charge in [0.2, 0.25) is 0 Å². The second-order valence-electron chi connectivity index (χ2n) is 11.2. The fourth-order valence-electron chi connectivity index (χ4n) is 5.67. The molecule has 1 atom stereocenters. The number of aliphatic hydroxyl groups excluding tert-OH is 1. The Bertz CT molecular complexity index is 1370. The van der Waals surface area contributed by atoms with Crippen LogP contribution in [0.3, 0.4) is 0 Å². The number of hydrogen-bond donors (Lipinski definition) is 2. The van der Waals surface area contributed by atoms with Crippen molar-refractivity contribution in [2.75, 3.05) is 5.73 Å². The van der Waals surface area contributed by atoms with Gasteiger partial charge < -0.3 is 15.6 Å². The normalized spacial score (nSPS) is 21.1. The lowest BCUT2D eigenvalue weighted by Gasteiger charge is -2.41. The summed E-state index contributed by atoms with van der Waals surface area (Å²) in [4.78, 5) is 19.1. The van der Waals surface area contributed by atoms with Crippen LogP contribution in [-0.4, -0.2) is 21.7 Å². The number of aromatic nitrogens is 1. The third-order valence-electron chi connectivity index (χ3n) is 7.56. The standard InChI is InChI=1S/C29H33FN2O3S2/c1-28(2,3)20-14-21-24(37-27(31)32-21)15-23(20)36-25-22(33)16-29(35-26(25)34,18-8-4-5-9-18)12-11-17-7-6-10-19(30)13-17/h6-7,10,13-15,18,33H,4-5,8-9,11-12,16H2,1-3H3,(H2,31,32). The van der Waals surface area contributed by atoms with Crippen molar-refractivity contribution in [3.63, 3.8) is 0 Å². The average Bonchev–Trinajstić information content (AvgIpc) is 3.48. The number of nitrogen functional groups attached to an aromatic ring is 1. The number of carbonyl (C=O) groups is 1. The SMILES string of the molecule is CC(C)(C)c1cc2nc(N)sc2cc1SC1=C(O)CC(CCc2cccc(F)c2)(C2CCCC2)OC1=O. The first-order valence-electron chi connectivity index (χ1n) is 12.8. The number of thiazole rings is 1. The number of benzene rings is 2. The van der Waals surface area contributed by atoms with Crippen LogP contribution in [0, 0.1) is 11.7 Å². The molecule has 2 heterocycles. The van der Waals surface area contributed by atoms with Crippen LogP contribution in [0.1, 0.15) is 70.4 Å². The highest BCUT2D eigenvalue weighted by Crippen LogP contribution is 2.49. The Morgan fingerprint density at radius 3 is 2.68 bits per heavy atom. The van der Waals surface area contributed by atoms with E-state index in [1.165, 1.54) is 35.2 Å². The summed E-state index contributed by atoms with van der Waals surface area (Å²) in [6.07, 6.45) is 5.50. The lowest BCUT2D eigenvalue weighted by atomic mass is 9.77. The molecule has 1 saturated carbocycles. The summed E-state index contributed by atoms with van der Waals surface area (Å²) in [5.74, 6) is -0.496. The van der Waals surface area contributed by atoms with E-state index in [4.69, 9.17) is 10.5 Å². The quantitative estimate of drug-likeness (QED) is 0.312. The molecule has 0 amide bonds. The molecule has 0 saturated heterocycles. The van der Waals surface area contributed by atoms with Gasteiger partial charge in [0.05, 0.1) is 10.2 Å². The zero-order chi connectivity index (χ0) is 26.4. The molecular formula is C29H33FN2O3S2. The highest BCUT2D eigenvalue weighted by atomic mass is 32.2. The number of cyclic esters (lactones) is 1. The number of rotatable bonds is 6. The molecule has 1 unspecified atom stereocenters. The van der Waals surface area contributed by atoms with Crippen LogP contribution in [0.15, 0.2) is 52.0 Å². The number of esters is 1. The highest BCUT2D eigenvalue weighted by molar-refractivity contribution is 8.04. The van der Waals surface area contributed by atoms with E-state index in [0.29, 0.717) is 18.0 Å². The zero-order valence-electron chi connectivity index (χ0n) is 21.5. The predicted molar refractivity (Wildman–Crippen MR) is 148 cm³/mol. The van der Waals surface area contributed by atoms with Gasteiger partial charge in [0, 0.05) is 11.3 Å². The Kier molecular flexibility index (Phi) is 7.00. The summed E-state index contributed by atoms with van der Waals surface area (Å²) in [6, 6.07) is 10.6. The molecule has 5 rings (SSSR count). The number of nitrogens with two attached hydrogens (primary N) is 1. The van der Waals surface area contributed by atoms with Gasteiger partial charge in [0.1, 0.15) is 22.1 Å². The minimum atomic E-state index is -0.781. The molecule has 2 aliphatic rings. The highest BCUT2D eigenvalue weighted by Gasteiger charge is 2.48. The van der Waals surface area contributed by atoms with Gasteiger partial charge in [-0.3, -0.25) is 0 Å². The van der Waals surface area contributed by atoms with E-state index in [-0.39, 0.29) is 34.2 Å². The smallest absolute Gasteiger partial charge is 0.349 e. The lowest BCUT2D eigenvalue weighted by Crippen LogP contribution is -2.45. The van der Waals surface area contributed by atoms with Gasteiger partial charge in [-0.25, -0.2) is 14.2 Å². The lowest BCUT2D eigenvalue weighted by molar-refractivity contribution is -0.166. The van der Waals surface area contributed by atoms with Gasteiger partial charge in [-0.1, -0.05) is 68.8 Å². The second kappa shape index (κ2) is 9.95. The van der Waals surface area contributed by atoms with Crippen molar-refractivity contribution in [2.45, 2.75) is 81.6 Å². The van der Waals surface area contributed by atoms with Gasteiger partial charge in [0.15, 0.2) is 5.13 Å². The zero-order valence-corrected chi connectivity index (χ0v) is 23.1. The molecule has 0 bridgehead atoms. The number of halogens is 1. The van der Waals surface area contributed by atoms with Crippen LogP contribution < -0.4 is 5.73 Å². The third-order valence-corrected chi connectivity index (χ3v) is 9.57. The van der Waals surface area contributed by atoms with Crippen LogP contribution in [0.2, 0.25) is 0 Å². The number of aliphatic hydroxyl groups is 1. The predicted octanol–water partition coefficient (Wildman–Crippen LogP) is 7.69. The number of aryl methyl sites for hydroxylation is 1. The number of thioether (sulfide) groups is 1. The fraction of sp³-hybridized carbons (Fsp3) is 0.448. The number of anilines is 1. The second-order valence-corrected chi connectivity index (χ2v) is 13.4. The van der Waals surface area contributed by atoms with Gasteiger partial charge in [-0.2, -0.15) is 0 Å². The average molecular weight is 541 g/mol. The van der Waals surface area contributed by atoms with Crippen molar-refractivity contribution < 1.29 is 19.0 Å². The first kappa shape index (κ1) is 26.0. The van der Waals surface area contributed by atoms with Crippen LogP contribution >= 0.6 is 23.1 Å². The summed E-state index contributed by atoms with van der Waals surface area (Å²) in [6.45, 7) is 6.33. The Balaban J connectivity index is 1.47. The van der Waals surface area contributed by atoms with Crippen molar-refractivity contribution in [1.29, 1.82) is 0 Å². The molecule has 1 aromatic heterocycles. The van der Waals surface area contributed by atoms with Crippen LogP contribution in [0.5, 0.6) is 0 Å². The maximum atomic E-state index is 13.8. The molecule has 1 fully saturated rings. The molecule has 2 aromatic carbocycles. The van der Waals surface area contributed by atoms with E-state index in [9.17, 15) is 14.3 Å². The molecule has 3 N–H and O–H groups in total. The largest absolute Gasteiger partial charge is 0.511 e. The Morgan fingerprint density at radius 1 is 1.24 bits per heavy atom. The molecule has 1 aliphatic heterocycles. The minimum Gasteiger partial charge on any atom is -0.511 e. The first-order chi connectivity index (χ1) is 17.5. The van der Waals surface area contributed by atoms with E-state index in [2.05, 4.69) is 25.8 Å². The summed E-state index contributed by atoms with van der Waals surface area (Å²) < 4.78 is 21.0. The number of hydrogen-bond acceptors (Lipinski definition) is 7. The van der Waals surface area contributed by atoms with Crippen LogP contribution in [-0.2, 0) is 21.4 Å². The van der Waals surface area contributed by atoms with Gasteiger partial charge in [0.25, 0.3) is 0 Å². The third kappa shape index (κ3) is 5.36. The number of carbonyl (C=O) groups excluding carboxylic acids is 1. The van der Waals surface area contributed by atoms with E-state index in [1.807, 2.05) is 18.2 Å². The van der Waals surface area contributed by atoms with Gasteiger partial charge >= 0.3 is 5.97 Å². The van der Waals surface area contributed by atoms with E-state index in [0.717, 1.165) is 51.9 Å². The monoisotopic (exact) mass is 540 g/mol. The molecule has 0 radical (unpaired) electrons. The number of ether oxygens (including phenoxy) is 1. The van der Waals surface area contributed by atoms with Crippen molar-refractivity contribution in [3.05, 3.63) is 64.0 Å². The molecule has 8 heteroatoms. The minimum absolute atomic E-state index is 0.0798. The van der Waals surface area contributed by atoms with Crippen molar-refractivity contribution in [2.24, 2.45) is 5.92 Å². The first-order valence-corrected chi connectivity index (χ1v) is 14.5. The maximum Gasteiger partial charge on any atom is 0.349 e. The molecule has 196 valence electrons. The summed E-state index contributed by atoms with van der Waals surface area (Å²) in [5, 5.41) is 11.8. The topological polar surface area (TPSA) is 85.4 Å². The van der Waals surface area contributed by atoms with Crippen molar-refractivity contribution in [1.82, 2.24) is 4.98 Å².